The minimum absolute atomic E-state index is 0.0940. The first-order valence-electron chi connectivity index (χ1n) is 8.18. The highest BCUT2D eigenvalue weighted by atomic mass is 16.5. The van der Waals surface area contributed by atoms with Gasteiger partial charge in [-0.2, -0.15) is 0 Å². The van der Waals surface area contributed by atoms with Gasteiger partial charge in [0.1, 0.15) is 6.54 Å². The first kappa shape index (κ1) is 18.1. The van der Waals surface area contributed by atoms with Crippen LogP contribution in [0, 0.1) is 0 Å². The zero-order valence-electron chi connectivity index (χ0n) is 14.5. The number of nitrogens with zero attached hydrogens (tertiary/aromatic N) is 4. The van der Waals surface area contributed by atoms with Crippen molar-refractivity contribution >= 4 is 17.8 Å². The summed E-state index contributed by atoms with van der Waals surface area (Å²) in [5, 5.41) is 2.90. The van der Waals surface area contributed by atoms with Gasteiger partial charge < -0.3 is 15.0 Å². The normalized spacial score (nSPS) is 18.6. The molecule has 0 saturated carbocycles. The predicted molar refractivity (Wildman–Crippen MR) is 89.4 cm³/mol. The SMILES string of the molecule is CCOC(=O)CN(C)c1ncc(CN2CCC(=O)NCC2C)cn1. The van der Waals surface area contributed by atoms with E-state index in [9.17, 15) is 9.59 Å². The summed E-state index contributed by atoms with van der Waals surface area (Å²) in [7, 11) is 1.75. The third kappa shape index (κ3) is 5.16. The molecular weight excluding hydrogens is 310 g/mol. The van der Waals surface area contributed by atoms with Crippen LogP contribution in [-0.4, -0.2) is 66.1 Å². The number of hydrogen-bond acceptors (Lipinski definition) is 7. The standard InChI is InChI=1S/C16H25N5O3/c1-4-24-15(23)11-20(3)16-18-8-13(9-19-16)10-21-6-5-14(22)17-7-12(21)2/h8-9,12H,4-7,10-11H2,1-3H3,(H,17,22). The summed E-state index contributed by atoms with van der Waals surface area (Å²) in [6.07, 6.45) is 4.03. The molecule has 0 bridgehead atoms. The molecule has 2 rings (SSSR count). The average Bonchev–Trinajstić information content (AvgIpc) is 2.71. The summed E-state index contributed by atoms with van der Waals surface area (Å²) < 4.78 is 4.91. The second-order valence-electron chi connectivity index (χ2n) is 5.93. The summed E-state index contributed by atoms with van der Waals surface area (Å²) in [6.45, 7) is 6.40. The number of aromatic nitrogens is 2. The highest BCUT2D eigenvalue weighted by Crippen LogP contribution is 2.12. The molecule has 1 atom stereocenters. The van der Waals surface area contributed by atoms with Crippen LogP contribution >= 0.6 is 0 Å². The zero-order chi connectivity index (χ0) is 17.5. The molecule has 1 aromatic rings. The number of anilines is 1. The minimum Gasteiger partial charge on any atom is -0.465 e. The molecule has 8 heteroatoms. The van der Waals surface area contributed by atoms with Gasteiger partial charge in [-0.1, -0.05) is 0 Å². The summed E-state index contributed by atoms with van der Waals surface area (Å²) in [5.41, 5.74) is 0.976. The van der Waals surface area contributed by atoms with Crippen LogP contribution in [0.4, 0.5) is 5.95 Å². The van der Waals surface area contributed by atoms with Gasteiger partial charge in [0.2, 0.25) is 11.9 Å². The van der Waals surface area contributed by atoms with E-state index in [4.69, 9.17) is 4.74 Å². The van der Waals surface area contributed by atoms with Crippen molar-refractivity contribution in [3.63, 3.8) is 0 Å². The number of rotatable bonds is 6. The van der Waals surface area contributed by atoms with Crippen LogP contribution < -0.4 is 10.2 Å². The third-order valence-corrected chi connectivity index (χ3v) is 3.93. The Labute approximate surface area is 142 Å². The van der Waals surface area contributed by atoms with Crippen molar-refractivity contribution in [2.75, 3.05) is 38.2 Å². The number of nitrogens with one attached hydrogen (secondary N) is 1. The lowest BCUT2D eigenvalue weighted by Gasteiger charge is -2.26. The van der Waals surface area contributed by atoms with Gasteiger partial charge in [0.05, 0.1) is 6.61 Å². The van der Waals surface area contributed by atoms with Crippen LogP contribution in [-0.2, 0) is 20.9 Å². The average molecular weight is 335 g/mol. The molecule has 0 aromatic carbocycles. The third-order valence-electron chi connectivity index (χ3n) is 3.93. The Morgan fingerprint density at radius 2 is 2.17 bits per heavy atom. The molecule has 2 heterocycles. The highest BCUT2D eigenvalue weighted by Gasteiger charge is 2.20. The molecule has 1 saturated heterocycles. The second kappa shape index (κ2) is 8.58. The van der Waals surface area contributed by atoms with E-state index in [1.54, 1.807) is 31.3 Å². The smallest absolute Gasteiger partial charge is 0.325 e. The summed E-state index contributed by atoms with van der Waals surface area (Å²) in [5.74, 6) is 0.271. The molecule has 0 radical (unpaired) electrons. The lowest BCUT2D eigenvalue weighted by molar-refractivity contribution is -0.141. The Balaban J connectivity index is 1.93. The monoisotopic (exact) mass is 335 g/mol. The van der Waals surface area contributed by atoms with Crippen LogP contribution in [0.15, 0.2) is 12.4 Å². The van der Waals surface area contributed by atoms with Crippen LogP contribution in [0.5, 0.6) is 0 Å². The van der Waals surface area contributed by atoms with E-state index in [2.05, 4.69) is 27.1 Å². The van der Waals surface area contributed by atoms with Crippen LogP contribution in [0.1, 0.15) is 25.8 Å². The maximum Gasteiger partial charge on any atom is 0.325 e. The molecule has 1 amide bonds. The maximum absolute atomic E-state index is 11.5. The Morgan fingerprint density at radius 1 is 1.46 bits per heavy atom. The van der Waals surface area contributed by atoms with E-state index in [-0.39, 0.29) is 24.5 Å². The summed E-state index contributed by atoms with van der Waals surface area (Å²) in [6, 6.07) is 0.266. The van der Waals surface area contributed by atoms with Crippen molar-refractivity contribution in [3.8, 4) is 0 Å². The van der Waals surface area contributed by atoms with E-state index in [0.717, 1.165) is 12.1 Å². The van der Waals surface area contributed by atoms with Crippen LogP contribution in [0.25, 0.3) is 0 Å². The molecule has 0 aliphatic carbocycles. The molecule has 132 valence electrons. The lowest BCUT2D eigenvalue weighted by atomic mass is 10.2. The van der Waals surface area contributed by atoms with Gasteiger partial charge in [-0.3, -0.25) is 14.5 Å². The first-order chi connectivity index (χ1) is 11.5. The number of carbonyl (C=O) groups excluding carboxylic acids is 2. The van der Waals surface area contributed by atoms with Crippen molar-refractivity contribution in [3.05, 3.63) is 18.0 Å². The van der Waals surface area contributed by atoms with Crippen LogP contribution in [0.3, 0.4) is 0 Å². The first-order valence-corrected chi connectivity index (χ1v) is 8.18. The molecule has 0 spiro atoms. The largest absolute Gasteiger partial charge is 0.465 e. The fourth-order valence-corrected chi connectivity index (χ4v) is 2.51. The number of hydrogen-bond donors (Lipinski definition) is 1. The van der Waals surface area contributed by atoms with E-state index in [0.29, 0.717) is 32.1 Å². The van der Waals surface area contributed by atoms with Gasteiger partial charge in [-0.15, -0.1) is 0 Å². The van der Waals surface area contributed by atoms with E-state index >= 15 is 0 Å². The minimum atomic E-state index is -0.303. The van der Waals surface area contributed by atoms with E-state index in [1.165, 1.54) is 0 Å². The van der Waals surface area contributed by atoms with Crippen LogP contribution in [0.2, 0.25) is 0 Å². The van der Waals surface area contributed by atoms with E-state index in [1.807, 2.05) is 0 Å². The Morgan fingerprint density at radius 3 is 2.83 bits per heavy atom. The van der Waals surface area contributed by atoms with Crippen molar-refractivity contribution in [2.24, 2.45) is 0 Å². The molecule has 1 aliphatic rings. The van der Waals surface area contributed by atoms with Gasteiger partial charge in [-0.05, 0) is 13.8 Å². The predicted octanol–water partition coefficient (Wildman–Crippen LogP) is 0.186. The van der Waals surface area contributed by atoms with Gasteiger partial charge >= 0.3 is 5.97 Å². The Bertz CT molecular complexity index is 563. The zero-order valence-corrected chi connectivity index (χ0v) is 14.5. The fraction of sp³-hybridized carbons (Fsp3) is 0.625. The quantitative estimate of drug-likeness (QED) is 0.742. The summed E-state index contributed by atoms with van der Waals surface area (Å²) in [4.78, 5) is 35.5. The van der Waals surface area contributed by atoms with Gasteiger partial charge in [0.15, 0.2) is 0 Å². The number of ether oxygens (including phenoxy) is 1. The lowest BCUT2D eigenvalue weighted by Crippen LogP contribution is -2.37. The van der Waals surface area contributed by atoms with Crippen molar-refractivity contribution in [1.82, 2.24) is 20.2 Å². The molecule has 8 nitrogen and oxygen atoms in total. The number of amides is 1. The molecule has 1 fully saturated rings. The Kier molecular flexibility index (Phi) is 6.48. The van der Waals surface area contributed by atoms with Crippen molar-refractivity contribution in [1.29, 1.82) is 0 Å². The number of esters is 1. The summed E-state index contributed by atoms with van der Waals surface area (Å²) >= 11 is 0. The van der Waals surface area contributed by atoms with Gasteiger partial charge in [-0.25, -0.2) is 9.97 Å². The number of likely N-dealkylation sites (N-methyl/N-ethyl adjacent to an activating group) is 1. The van der Waals surface area contributed by atoms with Crippen molar-refractivity contribution < 1.29 is 14.3 Å². The molecule has 1 aromatic heterocycles. The maximum atomic E-state index is 11.5. The molecule has 1 aliphatic heterocycles. The van der Waals surface area contributed by atoms with Gasteiger partial charge in [0.25, 0.3) is 0 Å². The van der Waals surface area contributed by atoms with E-state index < -0.39 is 0 Å². The molecule has 1 N–H and O–H groups in total. The highest BCUT2D eigenvalue weighted by molar-refractivity contribution is 5.76. The fourth-order valence-electron chi connectivity index (χ4n) is 2.51. The van der Waals surface area contributed by atoms with Crippen molar-refractivity contribution in [2.45, 2.75) is 32.9 Å². The second-order valence-corrected chi connectivity index (χ2v) is 5.93. The molecule has 1 unspecified atom stereocenters. The topological polar surface area (TPSA) is 87.7 Å². The number of carbonyl (C=O) groups is 2. The van der Waals surface area contributed by atoms with Gasteiger partial charge in [0, 0.05) is 57.1 Å². The molecule has 24 heavy (non-hydrogen) atoms. The Hall–Kier alpha value is -2.22. The molecular formula is C16H25N5O3.